The highest BCUT2D eigenvalue weighted by Gasteiger charge is 2.58. The van der Waals surface area contributed by atoms with E-state index in [9.17, 15) is 14.7 Å². The molecule has 1 amide bonds. The monoisotopic (exact) mass is 303 g/mol. The Hall–Kier alpha value is -1.84. The van der Waals surface area contributed by atoms with E-state index in [-0.39, 0.29) is 5.91 Å². The minimum Gasteiger partial charge on any atom is -0.481 e. The van der Waals surface area contributed by atoms with Crippen LogP contribution in [-0.4, -0.2) is 17.0 Å². The summed E-state index contributed by atoms with van der Waals surface area (Å²) in [6.45, 7) is 8.17. The maximum Gasteiger partial charge on any atom is 0.307 e. The number of carbonyl (C=O) groups is 2. The molecule has 0 unspecified atom stereocenters. The second kappa shape index (κ2) is 5.75. The zero-order valence-electron chi connectivity index (χ0n) is 13.8. The fraction of sp³-hybridized carbons (Fsp3) is 0.556. The number of hydrogen-bond acceptors (Lipinski definition) is 2. The van der Waals surface area contributed by atoms with Gasteiger partial charge in [0.05, 0.1) is 11.3 Å². The Bertz CT molecular complexity index is 594. The van der Waals surface area contributed by atoms with Crippen molar-refractivity contribution in [2.24, 2.45) is 16.7 Å². The highest BCUT2D eigenvalue weighted by Crippen LogP contribution is 2.56. The summed E-state index contributed by atoms with van der Waals surface area (Å²) in [5.74, 6) is -1.33. The predicted molar refractivity (Wildman–Crippen MR) is 85.3 cm³/mol. The first-order chi connectivity index (χ1) is 10.2. The van der Waals surface area contributed by atoms with Gasteiger partial charge in [-0.05, 0) is 30.7 Å². The van der Waals surface area contributed by atoms with Gasteiger partial charge in [0.25, 0.3) is 0 Å². The highest BCUT2D eigenvalue weighted by atomic mass is 16.4. The summed E-state index contributed by atoms with van der Waals surface area (Å²) in [5, 5.41) is 12.4. The van der Waals surface area contributed by atoms with Crippen LogP contribution < -0.4 is 5.32 Å². The van der Waals surface area contributed by atoms with E-state index in [0.29, 0.717) is 19.4 Å². The molecular formula is C18H25NO3. The number of carbonyl (C=O) groups excluding carboxylic acids is 1. The Balaban J connectivity index is 2.10. The lowest BCUT2D eigenvalue weighted by molar-refractivity contribution is -0.148. The zero-order valence-corrected chi connectivity index (χ0v) is 13.8. The molecule has 1 saturated carbocycles. The molecule has 1 aromatic carbocycles. The molecule has 1 aliphatic carbocycles. The standard InChI is InChI=1S/C18H25NO3/c1-12-6-5-7-13(10-12)11-19-16(22)18(4)9-8-14(15(20)21)17(18,2)3/h5-7,10,14H,8-9,11H2,1-4H3,(H,19,22)(H,20,21)/t14-,18-/m0/s1. The summed E-state index contributed by atoms with van der Waals surface area (Å²) < 4.78 is 0. The molecule has 0 saturated heterocycles. The van der Waals surface area contributed by atoms with Crippen LogP contribution in [0.1, 0.15) is 44.7 Å². The molecule has 22 heavy (non-hydrogen) atoms. The number of hydrogen-bond donors (Lipinski definition) is 2. The van der Waals surface area contributed by atoms with Crippen LogP contribution in [-0.2, 0) is 16.1 Å². The van der Waals surface area contributed by atoms with Gasteiger partial charge in [-0.3, -0.25) is 9.59 Å². The molecule has 0 heterocycles. The smallest absolute Gasteiger partial charge is 0.307 e. The molecule has 0 aromatic heterocycles. The lowest BCUT2D eigenvalue weighted by Gasteiger charge is -2.39. The third-order valence-corrected chi connectivity index (χ3v) is 5.56. The fourth-order valence-electron chi connectivity index (χ4n) is 3.54. The molecule has 0 radical (unpaired) electrons. The summed E-state index contributed by atoms with van der Waals surface area (Å²) in [6.07, 6.45) is 1.16. The van der Waals surface area contributed by atoms with Gasteiger partial charge in [-0.15, -0.1) is 0 Å². The van der Waals surface area contributed by atoms with Crippen LogP contribution in [0.25, 0.3) is 0 Å². The van der Waals surface area contributed by atoms with Gasteiger partial charge in [0.15, 0.2) is 0 Å². The first kappa shape index (κ1) is 16.5. The molecule has 4 heteroatoms. The van der Waals surface area contributed by atoms with Crippen LogP contribution in [0.15, 0.2) is 24.3 Å². The Morgan fingerprint density at radius 3 is 2.55 bits per heavy atom. The van der Waals surface area contributed by atoms with Gasteiger partial charge < -0.3 is 10.4 Å². The molecule has 0 spiro atoms. The Morgan fingerprint density at radius 2 is 2.00 bits per heavy atom. The second-order valence-corrected chi connectivity index (χ2v) is 7.16. The van der Waals surface area contributed by atoms with Crippen molar-refractivity contribution in [3.8, 4) is 0 Å². The van der Waals surface area contributed by atoms with Crippen molar-refractivity contribution in [1.29, 1.82) is 0 Å². The molecule has 4 nitrogen and oxygen atoms in total. The van der Waals surface area contributed by atoms with Crippen molar-refractivity contribution in [2.75, 3.05) is 0 Å². The zero-order chi connectivity index (χ0) is 16.5. The first-order valence-corrected chi connectivity index (χ1v) is 7.75. The van der Waals surface area contributed by atoms with Crippen LogP contribution in [0.4, 0.5) is 0 Å². The average molecular weight is 303 g/mol. The van der Waals surface area contributed by atoms with Crippen molar-refractivity contribution >= 4 is 11.9 Å². The third kappa shape index (κ3) is 2.74. The van der Waals surface area contributed by atoms with E-state index >= 15 is 0 Å². The van der Waals surface area contributed by atoms with E-state index in [4.69, 9.17) is 0 Å². The van der Waals surface area contributed by atoms with Crippen molar-refractivity contribution in [2.45, 2.75) is 47.1 Å². The maximum absolute atomic E-state index is 12.7. The van der Waals surface area contributed by atoms with Crippen LogP contribution in [0.5, 0.6) is 0 Å². The molecule has 0 bridgehead atoms. The van der Waals surface area contributed by atoms with Crippen molar-refractivity contribution in [3.05, 3.63) is 35.4 Å². The number of carboxylic acid groups (broad SMARTS) is 1. The molecule has 1 aromatic rings. The van der Waals surface area contributed by atoms with Gasteiger partial charge in [-0.25, -0.2) is 0 Å². The number of rotatable bonds is 4. The lowest BCUT2D eigenvalue weighted by Crippen LogP contribution is -2.47. The van der Waals surface area contributed by atoms with Gasteiger partial charge in [0.1, 0.15) is 0 Å². The van der Waals surface area contributed by atoms with E-state index in [1.165, 1.54) is 0 Å². The molecular weight excluding hydrogens is 278 g/mol. The van der Waals surface area contributed by atoms with E-state index in [2.05, 4.69) is 5.32 Å². The third-order valence-electron chi connectivity index (χ3n) is 5.56. The summed E-state index contributed by atoms with van der Waals surface area (Å²) in [6, 6.07) is 8.01. The number of aryl methyl sites for hydroxylation is 1. The molecule has 120 valence electrons. The van der Waals surface area contributed by atoms with Gasteiger partial charge in [0.2, 0.25) is 5.91 Å². The highest BCUT2D eigenvalue weighted by molar-refractivity contribution is 5.85. The van der Waals surface area contributed by atoms with Crippen molar-refractivity contribution in [3.63, 3.8) is 0 Å². The molecule has 1 aliphatic rings. The van der Waals surface area contributed by atoms with E-state index in [1.54, 1.807) is 0 Å². The quantitative estimate of drug-likeness (QED) is 0.898. The fourth-order valence-corrected chi connectivity index (χ4v) is 3.54. The molecule has 2 N–H and O–H groups in total. The number of benzene rings is 1. The minimum atomic E-state index is -0.805. The normalized spacial score (nSPS) is 26.6. The molecule has 2 rings (SSSR count). The summed E-state index contributed by atoms with van der Waals surface area (Å²) in [7, 11) is 0. The summed E-state index contributed by atoms with van der Waals surface area (Å²) in [5.41, 5.74) is 1.00. The van der Waals surface area contributed by atoms with E-state index < -0.39 is 22.7 Å². The van der Waals surface area contributed by atoms with E-state index in [0.717, 1.165) is 11.1 Å². The lowest BCUT2D eigenvalue weighted by atomic mass is 9.65. The van der Waals surface area contributed by atoms with Gasteiger partial charge in [-0.1, -0.05) is 50.6 Å². The molecule has 0 aliphatic heterocycles. The minimum absolute atomic E-state index is 0.0530. The van der Waals surface area contributed by atoms with Crippen LogP contribution in [0, 0.1) is 23.7 Å². The number of nitrogens with one attached hydrogen (secondary N) is 1. The second-order valence-electron chi connectivity index (χ2n) is 7.16. The van der Waals surface area contributed by atoms with Crippen LogP contribution >= 0.6 is 0 Å². The largest absolute Gasteiger partial charge is 0.481 e. The Kier molecular flexibility index (Phi) is 4.32. The first-order valence-electron chi connectivity index (χ1n) is 7.75. The molecule has 1 fully saturated rings. The summed E-state index contributed by atoms with van der Waals surface area (Å²) >= 11 is 0. The number of carboxylic acids is 1. The number of aliphatic carboxylic acids is 1. The Morgan fingerprint density at radius 1 is 1.32 bits per heavy atom. The SMILES string of the molecule is Cc1cccc(CNC(=O)[C@]2(C)CC[C@@H](C(=O)O)C2(C)C)c1. The van der Waals surface area contributed by atoms with Gasteiger partial charge in [0, 0.05) is 6.54 Å². The van der Waals surface area contributed by atoms with Crippen LogP contribution in [0.3, 0.4) is 0 Å². The average Bonchev–Trinajstić information content (AvgIpc) is 2.68. The summed E-state index contributed by atoms with van der Waals surface area (Å²) in [4.78, 5) is 24.1. The molecule has 2 atom stereocenters. The van der Waals surface area contributed by atoms with Crippen LogP contribution in [0.2, 0.25) is 0 Å². The maximum atomic E-state index is 12.7. The Labute approximate surface area is 131 Å². The van der Waals surface area contributed by atoms with Crippen molar-refractivity contribution < 1.29 is 14.7 Å². The topological polar surface area (TPSA) is 66.4 Å². The number of amides is 1. The van der Waals surface area contributed by atoms with Gasteiger partial charge >= 0.3 is 5.97 Å². The van der Waals surface area contributed by atoms with E-state index in [1.807, 2.05) is 52.0 Å². The van der Waals surface area contributed by atoms with Crippen molar-refractivity contribution in [1.82, 2.24) is 5.32 Å². The predicted octanol–water partition coefficient (Wildman–Crippen LogP) is 3.14. The van der Waals surface area contributed by atoms with Gasteiger partial charge in [-0.2, -0.15) is 0 Å².